The number of methoxy groups -OCH3 is 1. The van der Waals surface area contributed by atoms with Gasteiger partial charge >= 0.3 is 0 Å². The second-order valence-corrected chi connectivity index (χ2v) is 5.33. The van der Waals surface area contributed by atoms with Crippen LogP contribution in [0.2, 0.25) is 0 Å². The van der Waals surface area contributed by atoms with Crippen molar-refractivity contribution in [3.8, 4) is 0 Å². The summed E-state index contributed by atoms with van der Waals surface area (Å²) >= 11 is 0. The molecule has 0 rings (SSSR count). The Morgan fingerprint density at radius 2 is 1.73 bits per heavy atom. The number of aliphatic hydroxyl groups excluding tert-OH is 1. The molecule has 0 bridgehead atoms. The molecular formula is C12H26O3. The summed E-state index contributed by atoms with van der Waals surface area (Å²) in [5.41, 5.74) is -0.401. The average molecular weight is 218 g/mol. The number of hydrogen-bond acceptors (Lipinski definition) is 3. The van der Waals surface area contributed by atoms with E-state index in [1.54, 1.807) is 7.11 Å². The topological polar surface area (TPSA) is 38.7 Å². The van der Waals surface area contributed by atoms with Gasteiger partial charge in [-0.05, 0) is 32.6 Å². The molecule has 1 atom stereocenters. The van der Waals surface area contributed by atoms with Gasteiger partial charge in [0.1, 0.15) is 0 Å². The molecule has 0 aromatic rings. The first-order chi connectivity index (χ1) is 6.75. The van der Waals surface area contributed by atoms with Crippen LogP contribution in [0.5, 0.6) is 0 Å². The van der Waals surface area contributed by atoms with Gasteiger partial charge in [0.05, 0.1) is 18.3 Å². The molecule has 3 nitrogen and oxygen atoms in total. The lowest BCUT2D eigenvalue weighted by molar-refractivity contribution is -0.0823. The second-order valence-electron chi connectivity index (χ2n) is 5.33. The summed E-state index contributed by atoms with van der Waals surface area (Å²) in [5.74, 6) is 0. The van der Waals surface area contributed by atoms with Gasteiger partial charge in [0, 0.05) is 13.7 Å². The predicted octanol–water partition coefficient (Wildman–Crippen LogP) is 2.23. The molecule has 92 valence electrons. The lowest BCUT2D eigenvalue weighted by Crippen LogP contribution is -2.40. The molecule has 0 saturated heterocycles. The summed E-state index contributed by atoms with van der Waals surface area (Å²) in [5, 5.41) is 9.93. The zero-order valence-corrected chi connectivity index (χ0v) is 11.0. The van der Waals surface area contributed by atoms with Crippen molar-refractivity contribution in [2.75, 3.05) is 20.3 Å². The fraction of sp³-hybridized carbons (Fsp3) is 1.00. The Morgan fingerprint density at radius 1 is 1.20 bits per heavy atom. The van der Waals surface area contributed by atoms with E-state index in [2.05, 4.69) is 13.8 Å². The molecule has 0 heterocycles. The van der Waals surface area contributed by atoms with Crippen molar-refractivity contribution in [3.05, 3.63) is 0 Å². The van der Waals surface area contributed by atoms with Crippen LogP contribution in [0, 0.1) is 5.41 Å². The highest BCUT2D eigenvalue weighted by atomic mass is 16.5. The van der Waals surface area contributed by atoms with E-state index in [1.807, 2.05) is 20.8 Å². The average Bonchev–Trinajstić information content (AvgIpc) is 2.01. The Balaban J connectivity index is 4.34. The van der Waals surface area contributed by atoms with Gasteiger partial charge in [0.2, 0.25) is 0 Å². The standard InChI is InChI=1S/C12H26O3/c1-7-15-12(4,5)9-11(2,3)10(13)8-14-6/h10,13H,7-9H2,1-6H3/t10-/m0/s1. The first-order valence-corrected chi connectivity index (χ1v) is 5.56. The molecule has 15 heavy (non-hydrogen) atoms. The van der Waals surface area contributed by atoms with Crippen LogP contribution in [-0.4, -0.2) is 37.1 Å². The minimum atomic E-state index is -0.456. The van der Waals surface area contributed by atoms with Crippen molar-refractivity contribution in [2.24, 2.45) is 5.41 Å². The van der Waals surface area contributed by atoms with E-state index in [1.165, 1.54) is 0 Å². The van der Waals surface area contributed by atoms with Crippen LogP contribution in [0.3, 0.4) is 0 Å². The fourth-order valence-electron chi connectivity index (χ4n) is 2.04. The zero-order valence-electron chi connectivity index (χ0n) is 11.0. The van der Waals surface area contributed by atoms with Gasteiger partial charge in [-0.2, -0.15) is 0 Å². The van der Waals surface area contributed by atoms with Crippen LogP contribution in [0.4, 0.5) is 0 Å². The normalized spacial score (nSPS) is 15.4. The van der Waals surface area contributed by atoms with Crippen LogP contribution in [0.1, 0.15) is 41.0 Å². The van der Waals surface area contributed by atoms with E-state index in [0.717, 1.165) is 6.42 Å². The molecule has 0 spiro atoms. The maximum Gasteiger partial charge on any atom is 0.0825 e. The smallest absolute Gasteiger partial charge is 0.0825 e. The third-order valence-electron chi connectivity index (χ3n) is 2.64. The van der Waals surface area contributed by atoms with Crippen LogP contribution < -0.4 is 0 Å². The molecule has 0 saturated carbocycles. The van der Waals surface area contributed by atoms with Gasteiger partial charge in [-0.15, -0.1) is 0 Å². The molecule has 0 fully saturated rings. The van der Waals surface area contributed by atoms with Gasteiger partial charge < -0.3 is 14.6 Å². The maximum atomic E-state index is 9.93. The number of aliphatic hydroxyl groups is 1. The minimum absolute atomic E-state index is 0.200. The SMILES string of the molecule is CCOC(C)(C)CC(C)(C)[C@@H](O)COC. The molecule has 0 aliphatic carbocycles. The third kappa shape index (κ3) is 5.50. The van der Waals surface area contributed by atoms with Gasteiger partial charge in [0.25, 0.3) is 0 Å². The Morgan fingerprint density at radius 3 is 2.13 bits per heavy atom. The molecular weight excluding hydrogens is 192 g/mol. The summed E-state index contributed by atoms with van der Waals surface area (Å²) in [6.07, 6.45) is 0.348. The van der Waals surface area contributed by atoms with E-state index in [0.29, 0.717) is 13.2 Å². The van der Waals surface area contributed by atoms with Gasteiger partial charge in [-0.1, -0.05) is 13.8 Å². The minimum Gasteiger partial charge on any atom is -0.390 e. The first-order valence-electron chi connectivity index (χ1n) is 5.56. The van der Waals surface area contributed by atoms with Crippen LogP contribution in [-0.2, 0) is 9.47 Å². The predicted molar refractivity (Wildman–Crippen MR) is 62.0 cm³/mol. The Bertz CT molecular complexity index is 176. The highest BCUT2D eigenvalue weighted by Crippen LogP contribution is 2.33. The lowest BCUT2D eigenvalue weighted by atomic mass is 9.77. The van der Waals surface area contributed by atoms with Gasteiger partial charge in [0.15, 0.2) is 0 Å². The molecule has 0 aromatic heterocycles. The second kappa shape index (κ2) is 5.83. The quantitative estimate of drug-likeness (QED) is 0.712. The van der Waals surface area contributed by atoms with Crippen molar-refractivity contribution in [3.63, 3.8) is 0 Å². The molecule has 3 heteroatoms. The molecule has 0 amide bonds. The first kappa shape index (κ1) is 14.9. The molecule has 1 N–H and O–H groups in total. The maximum absolute atomic E-state index is 9.93. The highest BCUT2D eigenvalue weighted by molar-refractivity contribution is 4.85. The Kier molecular flexibility index (Phi) is 5.78. The van der Waals surface area contributed by atoms with Crippen molar-refractivity contribution in [2.45, 2.75) is 52.7 Å². The van der Waals surface area contributed by atoms with Crippen LogP contribution in [0.25, 0.3) is 0 Å². The Labute approximate surface area is 93.8 Å². The zero-order chi connectivity index (χ0) is 12.1. The van der Waals surface area contributed by atoms with E-state index < -0.39 is 6.10 Å². The van der Waals surface area contributed by atoms with Gasteiger partial charge in [-0.25, -0.2) is 0 Å². The summed E-state index contributed by atoms with van der Waals surface area (Å²) < 4.78 is 10.6. The number of ether oxygens (including phenoxy) is 2. The van der Waals surface area contributed by atoms with Gasteiger partial charge in [-0.3, -0.25) is 0 Å². The summed E-state index contributed by atoms with van der Waals surface area (Å²) in [4.78, 5) is 0. The van der Waals surface area contributed by atoms with Crippen LogP contribution >= 0.6 is 0 Å². The van der Waals surface area contributed by atoms with Crippen molar-refractivity contribution >= 4 is 0 Å². The van der Waals surface area contributed by atoms with Crippen molar-refractivity contribution in [1.82, 2.24) is 0 Å². The van der Waals surface area contributed by atoms with Crippen molar-refractivity contribution in [1.29, 1.82) is 0 Å². The number of hydrogen-bond donors (Lipinski definition) is 1. The van der Waals surface area contributed by atoms with Crippen molar-refractivity contribution < 1.29 is 14.6 Å². The monoisotopic (exact) mass is 218 g/mol. The molecule has 0 unspecified atom stereocenters. The van der Waals surface area contributed by atoms with Crippen LogP contribution in [0.15, 0.2) is 0 Å². The lowest BCUT2D eigenvalue weighted by Gasteiger charge is -2.37. The molecule has 0 radical (unpaired) electrons. The largest absolute Gasteiger partial charge is 0.390 e. The van der Waals surface area contributed by atoms with E-state index in [9.17, 15) is 5.11 Å². The van der Waals surface area contributed by atoms with E-state index >= 15 is 0 Å². The highest BCUT2D eigenvalue weighted by Gasteiger charge is 2.34. The number of rotatable bonds is 7. The molecule has 0 aliphatic heterocycles. The third-order valence-corrected chi connectivity index (χ3v) is 2.64. The summed E-state index contributed by atoms with van der Waals surface area (Å²) in [7, 11) is 1.60. The molecule has 0 aliphatic rings. The Hall–Kier alpha value is -0.120. The summed E-state index contributed by atoms with van der Waals surface area (Å²) in [6.45, 7) is 11.2. The van der Waals surface area contributed by atoms with E-state index in [4.69, 9.17) is 9.47 Å². The van der Waals surface area contributed by atoms with E-state index in [-0.39, 0.29) is 11.0 Å². The molecule has 0 aromatic carbocycles. The fourth-order valence-corrected chi connectivity index (χ4v) is 2.04. The summed E-state index contributed by atoms with van der Waals surface area (Å²) in [6, 6.07) is 0.